The first-order valence-electron chi connectivity index (χ1n) is 8.63. The summed E-state index contributed by atoms with van der Waals surface area (Å²) in [5.74, 6) is -0.369. The third-order valence-electron chi connectivity index (χ3n) is 4.37. The van der Waals surface area contributed by atoms with E-state index in [0.29, 0.717) is 24.2 Å². The van der Waals surface area contributed by atoms with Crippen LogP contribution >= 0.6 is 12.4 Å². The van der Waals surface area contributed by atoms with Crippen molar-refractivity contribution < 1.29 is 9.59 Å². The van der Waals surface area contributed by atoms with Gasteiger partial charge in [0.2, 0.25) is 0 Å². The van der Waals surface area contributed by atoms with Crippen LogP contribution in [-0.4, -0.2) is 36.9 Å². The number of benzene rings is 2. The molecule has 0 fully saturated rings. The number of hydrogen-bond acceptors (Lipinski definition) is 4. The van der Waals surface area contributed by atoms with Crippen LogP contribution in [0.4, 0.5) is 5.69 Å². The molecule has 5 nitrogen and oxygen atoms in total. The number of anilines is 1. The predicted octanol–water partition coefficient (Wildman–Crippen LogP) is 3.32. The molecule has 0 aliphatic carbocycles. The van der Waals surface area contributed by atoms with Crippen molar-refractivity contribution in [2.45, 2.75) is 19.4 Å². The maximum absolute atomic E-state index is 12.6. The predicted molar refractivity (Wildman–Crippen MR) is 106 cm³/mol. The van der Waals surface area contributed by atoms with Crippen LogP contribution in [0.1, 0.15) is 39.1 Å². The number of imide groups is 1. The summed E-state index contributed by atoms with van der Waals surface area (Å²) in [6, 6.07) is 15.4. The Kier molecular flexibility index (Phi) is 7.18. The summed E-state index contributed by atoms with van der Waals surface area (Å²) < 4.78 is 0. The van der Waals surface area contributed by atoms with Gasteiger partial charge in [-0.1, -0.05) is 30.3 Å². The topological polar surface area (TPSA) is 61.4 Å². The van der Waals surface area contributed by atoms with Gasteiger partial charge in [-0.05, 0) is 50.2 Å². The number of carbonyl (C=O) groups excluding carboxylic acids is 2. The molecule has 2 aromatic rings. The maximum Gasteiger partial charge on any atom is 0.261 e. The molecular weight excluding hydrogens is 350 g/mol. The van der Waals surface area contributed by atoms with Gasteiger partial charge in [-0.15, -0.1) is 12.4 Å². The highest BCUT2D eigenvalue weighted by Crippen LogP contribution is 2.26. The Morgan fingerprint density at radius 3 is 2.38 bits per heavy atom. The minimum atomic E-state index is -0.187. The minimum Gasteiger partial charge on any atom is -0.381 e. The zero-order chi connectivity index (χ0) is 17.6. The molecule has 0 saturated carbocycles. The van der Waals surface area contributed by atoms with Crippen molar-refractivity contribution in [3.8, 4) is 0 Å². The van der Waals surface area contributed by atoms with Crippen molar-refractivity contribution in [3.05, 3.63) is 65.2 Å². The van der Waals surface area contributed by atoms with Gasteiger partial charge in [0.15, 0.2) is 0 Å². The zero-order valence-electron chi connectivity index (χ0n) is 14.8. The van der Waals surface area contributed by atoms with Gasteiger partial charge in [0.25, 0.3) is 11.8 Å². The number of nitrogens with one attached hydrogen (secondary N) is 2. The Morgan fingerprint density at radius 2 is 1.65 bits per heavy atom. The Hall–Kier alpha value is -2.37. The Labute approximate surface area is 160 Å². The molecule has 0 atom stereocenters. The van der Waals surface area contributed by atoms with Gasteiger partial charge in [0, 0.05) is 18.8 Å². The van der Waals surface area contributed by atoms with Gasteiger partial charge in [0.1, 0.15) is 0 Å². The summed E-state index contributed by atoms with van der Waals surface area (Å²) in [4.78, 5) is 26.4. The fraction of sp³-hybridized carbons (Fsp3) is 0.300. The average molecular weight is 374 g/mol. The molecule has 0 aromatic heterocycles. The van der Waals surface area contributed by atoms with Gasteiger partial charge < -0.3 is 10.6 Å². The molecule has 1 heterocycles. The summed E-state index contributed by atoms with van der Waals surface area (Å²) >= 11 is 0. The Morgan fingerprint density at radius 1 is 0.923 bits per heavy atom. The quantitative estimate of drug-likeness (QED) is 0.550. The van der Waals surface area contributed by atoms with Crippen LogP contribution in [0, 0.1) is 0 Å². The molecular formula is C20H24ClN3O2. The number of carbonyl (C=O) groups is 2. The second-order valence-electron chi connectivity index (χ2n) is 6.17. The van der Waals surface area contributed by atoms with E-state index in [1.165, 1.54) is 4.90 Å². The third-order valence-corrected chi connectivity index (χ3v) is 4.37. The van der Waals surface area contributed by atoms with Crippen LogP contribution in [0.25, 0.3) is 0 Å². The van der Waals surface area contributed by atoms with Crippen LogP contribution in [0.5, 0.6) is 0 Å². The highest BCUT2D eigenvalue weighted by Gasteiger charge is 2.35. The molecule has 2 amide bonds. The van der Waals surface area contributed by atoms with Gasteiger partial charge in [-0.3, -0.25) is 14.5 Å². The van der Waals surface area contributed by atoms with E-state index in [1.54, 1.807) is 12.1 Å². The van der Waals surface area contributed by atoms with Crippen LogP contribution < -0.4 is 10.6 Å². The van der Waals surface area contributed by atoms with Crippen molar-refractivity contribution in [2.24, 2.45) is 0 Å². The molecule has 2 N–H and O–H groups in total. The molecule has 0 unspecified atom stereocenters. The summed E-state index contributed by atoms with van der Waals surface area (Å²) in [6.07, 6.45) is 1.75. The van der Waals surface area contributed by atoms with E-state index in [2.05, 4.69) is 10.6 Å². The highest BCUT2D eigenvalue weighted by molar-refractivity contribution is 6.21. The monoisotopic (exact) mass is 373 g/mol. The first kappa shape index (κ1) is 19.9. The molecule has 0 spiro atoms. The van der Waals surface area contributed by atoms with Crippen LogP contribution in [0.3, 0.4) is 0 Å². The Balaban J connectivity index is 0.00000243. The fourth-order valence-electron chi connectivity index (χ4n) is 2.98. The fourth-order valence-corrected chi connectivity index (χ4v) is 2.98. The molecule has 0 radical (unpaired) electrons. The van der Waals surface area contributed by atoms with Gasteiger partial charge >= 0.3 is 0 Å². The number of hydrogen-bond donors (Lipinski definition) is 2. The SMILES string of the molecule is CNCCCCN1C(=O)c2ccc(NCc3ccccc3)cc2C1=O.Cl. The second-order valence-corrected chi connectivity index (χ2v) is 6.17. The van der Waals surface area contributed by atoms with E-state index >= 15 is 0 Å². The molecule has 2 aromatic carbocycles. The van der Waals surface area contributed by atoms with E-state index < -0.39 is 0 Å². The Bertz CT molecular complexity index is 765. The molecule has 1 aliphatic rings. The van der Waals surface area contributed by atoms with Gasteiger partial charge in [-0.2, -0.15) is 0 Å². The average Bonchev–Trinajstić information content (AvgIpc) is 2.88. The van der Waals surface area contributed by atoms with Gasteiger partial charge in [0.05, 0.1) is 11.1 Å². The van der Waals surface area contributed by atoms with Crippen LogP contribution in [0.2, 0.25) is 0 Å². The lowest BCUT2D eigenvalue weighted by atomic mass is 10.1. The van der Waals surface area contributed by atoms with E-state index in [0.717, 1.165) is 30.6 Å². The first-order chi connectivity index (χ1) is 12.2. The van der Waals surface area contributed by atoms with Gasteiger partial charge in [-0.25, -0.2) is 0 Å². The number of halogens is 1. The summed E-state index contributed by atoms with van der Waals surface area (Å²) in [5.41, 5.74) is 3.01. The number of nitrogens with zero attached hydrogens (tertiary/aromatic N) is 1. The normalized spacial score (nSPS) is 12.7. The molecule has 6 heteroatoms. The van der Waals surface area contributed by atoms with Crippen molar-refractivity contribution >= 4 is 29.9 Å². The number of fused-ring (bicyclic) bond motifs is 1. The molecule has 0 bridgehead atoms. The number of amides is 2. The second kappa shape index (κ2) is 9.36. The summed E-state index contributed by atoms with van der Waals surface area (Å²) in [5, 5.41) is 6.38. The molecule has 138 valence electrons. The molecule has 26 heavy (non-hydrogen) atoms. The number of rotatable bonds is 8. The standard InChI is InChI=1S/C20H23N3O2.ClH/c1-21-11-5-6-12-23-19(24)17-10-9-16(13-18(17)20(23)25)22-14-15-7-3-2-4-8-15;/h2-4,7-10,13,21-22H,5-6,11-12,14H2,1H3;1H. The lowest BCUT2D eigenvalue weighted by Crippen LogP contribution is -2.31. The molecule has 3 rings (SSSR count). The van der Waals surface area contributed by atoms with Crippen molar-refractivity contribution in [1.82, 2.24) is 10.2 Å². The highest BCUT2D eigenvalue weighted by atomic mass is 35.5. The third kappa shape index (κ3) is 4.42. The van der Waals surface area contributed by atoms with Crippen molar-refractivity contribution in [3.63, 3.8) is 0 Å². The van der Waals surface area contributed by atoms with E-state index in [-0.39, 0.29) is 24.2 Å². The molecule has 0 saturated heterocycles. The minimum absolute atomic E-state index is 0. The van der Waals surface area contributed by atoms with E-state index in [9.17, 15) is 9.59 Å². The number of unbranched alkanes of at least 4 members (excludes halogenated alkanes) is 1. The smallest absolute Gasteiger partial charge is 0.261 e. The lowest BCUT2D eigenvalue weighted by molar-refractivity contribution is 0.0652. The van der Waals surface area contributed by atoms with E-state index in [1.807, 2.05) is 43.4 Å². The van der Waals surface area contributed by atoms with E-state index in [4.69, 9.17) is 0 Å². The van der Waals surface area contributed by atoms with Crippen molar-refractivity contribution in [2.75, 3.05) is 25.5 Å². The largest absolute Gasteiger partial charge is 0.381 e. The maximum atomic E-state index is 12.6. The summed E-state index contributed by atoms with van der Waals surface area (Å²) in [7, 11) is 1.89. The van der Waals surface area contributed by atoms with Crippen molar-refractivity contribution in [1.29, 1.82) is 0 Å². The lowest BCUT2D eigenvalue weighted by Gasteiger charge is -2.13. The first-order valence-corrected chi connectivity index (χ1v) is 8.63. The van der Waals surface area contributed by atoms with Crippen LogP contribution in [0.15, 0.2) is 48.5 Å². The molecule has 1 aliphatic heterocycles. The summed E-state index contributed by atoms with van der Waals surface area (Å²) in [6.45, 7) is 2.03. The van der Waals surface area contributed by atoms with Crippen LogP contribution in [-0.2, 0) is 6.54 Å². The zero-order valence-corrected chi connectivity index (χ0v) is 15.6.